The highest BCUT2D eigenvalue weighted by molar-refractivity contribution is 5.90. The maximum absolute atomic E-state index is 11.1. The van der Waals surface area contributed by atoms with E-state index < -0.39 is 5.97 Å². The van der Waals surface area contributed by atoms with Gasteiger partial charge < -0.3 is 10.0 Å². The third kappa shape index (κ3) is 3.48. The summed E-state index contributed by atoms with van der Waals surface area (Å²) >= 11 is 0. The second kappa shape index (κ2) is 6.28. The van der Waals surface area contributed by atoms with E-state index in [1.807, 2.05) is 19.1 Å². The van der Waals surface area contributed by atoms with Crippen molar-refractivity contribution in [2.75, 3.05) is 18.0 Å². The number of carboxylic acid groups (broad SMARTS) is 1. The predicted octanol–water partition coefficient (Wildman–Crippen LogP) is 3.32. The summed E-state index contributed by atoms with van der Waals surface area (Å²) in [6, 6.07) is 5.66. The summed E-state index contributed by atoms with van der Waals surface area (Å²) in [5.41, 5.74) is 2.22. The Morgan fingerprint density at radius 3 is 2.59 bits per heavy atom. The maximum Gasteiger partial charge on any atom is 0.336 e. The topological polar surface area (TPSA) is 40.5 Å². The van der Waals surface area contributed by atoms with Crippen LogP contribution in [0.25, 0.3) is 0 Å². The van der Waals surface area contributed by atoms with Gasteiger partial charge in [-0.1, -0.05) is 19.4 Å². The van der Waals surface area contributed by atoms with Crippen LogP contribution in [0.4, 0.5) is 5.69 Å². The number of rotatable bonds is 6. The van der Waals surface area contributed by atoms with Gasteiger partial charge in [0.05, 0.1) is 5.56 Å². The molecule has 0 amide bonds. The van der Waals surface area contributed by atoms with Crippen molar-refractivity contribution < 1.29 is 9.90 Å². The molecule has 0 aliphatic carbocycles. The van der Waals surface area contributed by atoms with Crippen molar-refractivity contribution >= 4 is 11.7 Å². The number of aryl methyl sites for hydroxylation is 1. The van der Waals surface area contributed by atoms with Crippen molar-refractivity contribution in [1.82, 2.24) is 0 Å². The van der Waals surface area contributed by atoms with Gasteiger partial charge in [-0.15, -0.1) is 0 Å². The molecular weight excluding hydrogens is 214 g/mol. The first-order valence-corrected chi connectivity index (χ1v) is 6.19. The zero-order valence-electron chi connectivity index (χ0n) is 10.9. The summed E-state index contributed by atoms with van der Waals surface area (Å²) < 4.78 is 0. The minimum Gasteiger partial charge on any atom is -0.478 e. The van der Waals surface area contributed by atoms with Gasteiger partial charge >= 0.3 is 5.97 Å². The van der Waals surface area contributed by atoms with Gasteiger partial charge in [0.15, 0.2) is 0 Å². The van der Waals surface area contributed by atoms with Crippen LogP contribution in [-0.2, 0) is 0 Å². The van der Waals surface area contributed by atoms with Crippen molar-refractivity contribution in [1.29, 1.82) is 0 Å². The number of carboxylic acids is 1. The summed E-state index contributed by atoms with van der Waals surface area (Å²) in [5, 5.41) is 9.10. The molecule has 0 saturated heterocycles. The summed E-state index contributed by atoms with van der Waals surface area (Å²) in [5.74, 6) is -0.851. The van der Waals surface area contributed by atoms with Crippen molar-refractivity contribution in [3.63, 3.8) is 0 Å². The molecule has 0 unspecified atom stereocenters. The molecule has 3 nitrogen and oxygen atoms in total. The lowest BCUT2D eigenvalue weighted by Crippen LogP contribution is -2.24. The second-order valence-electron chi connectivity index (χ2n) is 4.24. The van der Waals surface area contributed by atoms with Gasteiger partial charge in [-0.05, 0) is 38.0 Å². The third-order valence-electron chi connectivity index (χ3n) is 2.98. The fourth-order valence-electron chi connectivity index (χ4n) is 1.86. The Kier molecular flexibility index (Phi) is 5.01. The number of hydrogen-bond donors (Lipinski definition) is 1. The molecule has 1 N–H and O–H groups in total. The number of carbonyl (C=O) groups is 1. The third-order valence-corrected chi connectivity index (χ3v) is 2.98. The summed E-state index contributed by atoms with van der Waals surface area (Å²) in [6.45, 7) is 7.97. The first kappa shape index (κ1) is 13.6. The highest BCUT2D eigenvalue weighted by atomic mass is 16.4. The van der Waals surface area contributed by atoms with Gasteiger partial charge in [0.2, 0.25) is 0 Å². The van der Waals surface area contributed by atoms with E-state index in [4.69, 9.17) is 5.11 Å². The van der Waals surface area contributed by atoms with Crippen LogP contribution in [0.15, 0.2) is 18.2 Å². The molecule has 0 heterocycles. The molecule has 0 spiro atoms. The Balaban J connectivity index is 2.96. The van der Waals surface area contributed by atoms with E-state index in [0.29, 0.717) is 5.56 Å². The summed E-state index contributed by atoms with van der Waals surface area (Å²) in [6.07, 6.45) is 2.28. The van der Waals surface area contributed by atoms with Crippen LogP contribution in [0.5, 0.6) is 0 Å². The molecule has 0 fully saturated rings. The van der Waals surface area contributed by atoms with Gasteiger partial charge in [-0.3, -0.25) is 0 Å². The van der Waals surface area contributed by atoms with Gasteiger partial charge in [-0.2, -0.15) is 0 Å². The van der Waals surface area contributed by atoms with E-state index in [1.54, 1.807) is 6.07 Å². The van der Waals surface area contributed by atoms with E-state index in [0.717, 1.165) is 37.2 Å². The van der Waals surface area contributed by atoms with E-state index in [-0.39, 0.29) is 0 Å². The van der Waals surface area contributed by atoms with Gasteiger partial charge in [0.1, 0.15) is 0 Å². The number of anilines is 1. The van der Waals surface area contributed by atoms with Crippen LogP contribution in [0.2, 0.25) is 0 Å². The normalized spacial score (nSPS) is 10.3. The van der Waals surface area contributed by atoms with E-state index in [2.05, 4.69) is 18.7 Å². The molecule has 1 aromatic rings. The molecule has 94 valence electrons. The average molecular weight is 235 g/mol. The predicted molar refractivity (Wildman–Crippen MR) is 70.9 cm³/mol. The fourth-order valence-corrected chi connectivity index (χ4v) is 1.86. The number of benzene rings is 1. The molecule has 0 radical (unpaired) electrons. The molecule has 0 saturated carbocycles. The van der Waals surface area contributed by atoms with Gasteiger partial charge in [0.25, 0.3) is 0 Å². The first-order valence-electron chi connectivity index (χ1n) is 6.19. The smallest absolute Gasteiger partial charge is 0.336 e. The second-order valence-corrected chi connectivity index (χ2v) is 4.24. The quantitative estimate of drug-likeness (QED) is 0.822. The Labute approximate surface area is 103 Å². The van der Waals surface area contributed by atoms with Crippen LogP contribution in [-0.4, -0.2) is 24.2 Å². The molecule has 0 aliphatic rings. The minimum atomic E-state index is -0.851. The maximum atomic E-state index is 11.1. The molecule has 0 aliphatic heterocycles. The van der Waals surface area contributed by atoms with Crippen molar-refractivity contribution in [2.24, 2.45) is 0 Å². The highest BCUT2D eigenvalue weighted by Crippen LogP contribution is 2.19. The van der Waals surface area contributed by atoms with Crippen molar-refractivity contribution in [3.05, 3.63) is 29.3 Å². The molecular formula is C14H21NO2. The van der Waals surface area contributed by atoms with Crippen LogP contribution in [0.1, 0.15) is 42.6 Å². The van der Waals surface area contributed by atoms with Crippen LogP contribution >= 0.6 is 0 Å². The largest absolute Gasteiger partial charge is 0.478 e. The van der Waals surface area contributed by atoms with Crippen LogP contribution in [0, 0.1) is 6.92 Å². The number of nitrogens with zero attached hydrogens (tertiary/aromatic N) is 1. The Hall–Kier alpha value is -1.51. The molecule has 17 heavy (non-hydrogen) atoms. The molecule has 0 bridgehead atoms. The molecule has 3 heteroatoms. The minimum absolute atomic E-state index is 0.400. The zero-order chi connectivity index (χ0) is 12.8. The lowest BCUT2D eigenvalue weighted by atomic mass is 10.1. The average Bonchev–Trinajstić information content (AvgIpc) is 2.31. The fraction of sp³-hybridized carbons (Fsp3) is 0.500. The van der Waals surface area contributed by atoms with E-state index in [1.165, 1.54) is 0 Å². The standard InChI is InChI=1S/C14H21NO2/c1-4-6-9-15(5-2)12-8-7-11(3)13(10-12)14(16)17/h7-8,10H,4-6,9H2,1-3H3,(H,16,17). The SMILES string of the molecule is CCCCN(CC)c1ccc(C)c(C(=O)O)c1. The highest BCUT2D eigenvalue weighted by Gasteiger charge is 2.10. The first-order chi connectivity index (χ1) is 8.10. The molecule has 1 aromatic carbocycles. The molecule has 0 aromatic heterocycles. The Bertz CT molecular complexity index is 388. The number of hydrogen-bond acceptors (Lipinski definition) is 2. The van der Waals surface area contributed by atoms with Gasteiger partial charge in [-0.25, -0.2) is 4.79 Å². The molecule has 1 rings (SSSR count). The monoisotopic (exact) mass is 235 g/mol. The summed E-state index contributed by atoms with van der Waals surface area (Å²) in [4.78, 5) is 13.3. The van der Waals surface area contributed by atoms with E-state index >= 15 is 0 Å². The Morgan fingerprint density at radius 1 is 1.35 bits per heavy atom. The van der Waals surface area contributed by atoms with Gasteiger partial charge in [0, 0.05) is 18.8 Å². The van der Waals surface area contributed by atoms with Crippen molar-refractivity contribution in [2.45, 2.75) is 33.6 Å². The van der Waals surface area contributed by atoms with Crippen LogP contribution < -0.4 is 4.90 Å². The zero-order valence-corrected chi connectivity index (χ0v) is 10.9. The number of aromatic carboxylic acids is 1. The Morgan fingerprint density at radius 2 is 2.06 bits per heavy atom. The lowest BCUT2D eigenvalue weighted by molar-refractivity contribution is 0.0696. The van der Waals surface area contributed by atoms with Crippen molar-refractivity contribution in [3.8, 4) is 0 Å². The van der Waals surface area contributed by atoms with E-state index in [9.17, 15) is 4.79 Å². The number of unbranched alkanes of at least 4 members (excludes halogenated alkanes) is 1. The van der Waals surface area contributed by atoms with Crippen LogP contribution in [0.3, 0.4) is 0 Å². The molecule has 0 atom stereocenters. The summed E-state index contributed by atoms with van der Waals surface area (Å²) in [7, 11) is 0. The lowest BCUT2D eigenvalue weighted by Gasteiger charge is -2.23.